The van der Waals surface area contributed by atoms with Crippen LogP contribution >= 0.6 is 11.6 Å². The molecule has 0 saturated carbocycles. The van der Waals surface area contributed by atoms with Crippen LogP contribution in [0.15, 0.2) is 33.7 Å². The van der Waals surface area contributed by atoms with Gasteiger partial charge in [-0.1, -0.05) is 28.9 Å². The number of amides is 1. The van der Waals surface area contributed by atoms with E-state index in [1.165, 1.54) is 12.1 Å². The number of rotatable bonds is 3. The standard InChI is InChI=1S/C12H11ClN2O4S/c1-7-4-3-5-9(13)11(7)20(17,18)15-12(16)10-6-8(2)19-14-10/h3-6H,1-2H3,(H,15,16). The Morgan fingerprint density at radius 3 is 2.60 bits per heavy atom. The molecule has 20 heavy (non-hydrogen) atoms. The maximum Gasteiger partial charge on any atom is 0.287 e. The molecular formula is C12H11ClN2O4S. The number of carbonyl (C=O) groups excluding carboxylic acids is 1. The molecule has 0 aliphatic heterocycles. The van der Waals surface area contributed by atoms with Gasteiger partial charge in [0.15, 0.2) is 5.69 Å². The first kappa shape index (κ1) is 14.5. The van der Waals surface area contributed by atoms with Gasteiger partial charge >= 0.3 is 0 Å². The highest BCUT2D eigenvalue weighted by Crippen LogP contribution is 2.24. The van der Waals surface area contributed by atoms with Gasteiger partial charge in [-0.25, -0.2) is 13.1 Å². The molecule has 0 aliphatic rings. The molecule has 2 aromatic rings. The summed E-state index contributed by atoms with van der Waals surface area (Å²) in [7, 11) is -4.07. The average Bonchev–Trinajstić information content (AvgIpc) is 2.74. The first-order valence-corrected chi connectivity index (χ1v) is 7.43. The summed E-state index contributed by atoms with van der Waals surface area (Å²) in [5.74, 6) is -0.470. The fraction of sp³-hybridized carbons (Fsp3) is 0.167. The molecule has 106 valence electrons. The van der Waals surface area contributed by atoms with Crippen molar-refractivity contribution in [2.24, 2.45) is 0 Å². The first-order valence-electron chi connectivity index (χ1n) is 5.57. The van der Waals surface area contributed by atoms with Gasteiger partial charge in [0, 0.05) is 6.07 Å². The maximum atomic E-state index is 12.2. The number of sulfonamides is 1. The number of nitrogens with zero attached hydrogens (tertiary/aromatic N) is 1. The van der Waals surface area contributed by atoms with E-state index in [1.807, 2.05) is 4.72 Å². The van der Waals surface area contributed by atoms with Gasteiger partial charge in [-0.3, -0.25) is 4.79 Å². The van der Waals surface area contributed by atoms with Crippen LogP contribution < -0.4 is 4.72 Å². The van der Waals surface area contributed by atoms with Gasteiger partial charge in [0.2, 0.25) is 0 Å². The Bertz CT molecular complexity index is 747. The van der Waals surface area contributed by atoms with Gasteiger partial charge in [0.25, 0.3) is 15.9 Å². The second-order valence-electron chi connectivity index (χ2n) is 4.14. The third kappa shape index (κ3) is 2.83. The van der Waals surface area contributed by atoms with Crippen LogP contribution in [-0.4, -0.2) is 19.5 Å². The molecule has 0 aliphatic carbocycles. The van der Waals surface area contributed by atoms with Crippen molar-refractivity contribution >= 4 is 27.5 Å². The summed E-state index contributed by atoms with van der Waals surface area (Å²) in [4.78, 5) is 11.7. The SMILES string of the molecule is Cc1cc(C(=O)NS(=O)(=O)c2c(C)cccc2Cl)no1. The summed E-state index contributed by atoms with van der Waals surface area (Å²) < 4.78 is 31.0. The molecule has 8 heteroatoms. The van der Waals surface area contributed by atoms with Crippen LogP contribution in [0, 0.1) is 13.8 Å². The Morgan fingerprint density at radius 2 is 2.05 bits per heavy atom. The molecule has 1 N–H and O–H groups in total. The highest BCUT2D eigenvalue weighted by molar-refractivity contribution is 7.90. The van der Waals surface area contributed by atoms with E-state index >= 15 is 0 Å². The predicted molar refractivity (Wildman–Crippen MR) is 72.1 cm³/mol. The lowest BCUT2D eigenvalue weighted by Gasteiger charge is -2.09. The average molecular weight is 315 g/mol. The molecule has 0 spiro atoms. The summed E-state index contributed by atoms with van der Waals surface area (Å²) in [5.41, 5.74) is 0.324. The van der Waals surface area contributed by atoms with Crippen LogP contribution in [0.2, 0.25) is 5.02 Å². The van der Waals surface area contributed by atoms with Crippen molar-refractivity contribution in [1.82, 2.24) is 9.88 Å². The molecule has 1 heterocycles. The Kier molecular flexibility index (Phi) is 3.82. The topological polar surface area (TPSA) is 89.3 Å². The highest BCUT2D eigenvalue weighted by atomic mass is 35.5. The predicted octanol–water partition coefficient (Wildman–Crippen LogP) is 2.06. The number of hydrogen-bond acceptors (Lipinski definition) is 5. The third-order valence-corrected chi connectivity index (χ3v) is 4.48. The molecule has 0 saturated heterocycles. The minimum absolute atomic E-state index is 0.0432. The minimum Gasteiger partial charge on any atom is -0.361 e. The molecule has 0 fully saturated rings. The Hall–Kier alpha value is -1.86. The number of benzene rings is 1. The van der Waals surface area contributed by atoms with Gasteiger partial charge in [-0.2, -0.15) is 0 Å². The van der Waals surface area contributed by atoms with Gasteiger partial charge in [0.05, 0.1) is 5.02 Å². The Labute approximate surface area is 120 Å². The van der Waals surface area contributed by atoms with Crippen molar-refractivity contribution < 1.29 is 17.7 Å². The second-order valence-corrected chi connectivity index (χ2v) is 6.17. The Morgan fingerprint density at radius 1 is 1.35 bits per heavy atom. The number of hydrogen-bond donors (Lipinski definition) is 1. The number of halogens is 1. The smallest absolute Gasteiger partial charge is 0.287 e. The van der Waals surface area contributed by atoms with Crippen LogP contribution in [-0.2, 0) is 10.0 Å². The van der Waals surface area contributed by atoms with E-state index in [1.54, 1.807) is 26.0 Å². The Balaban J connectivity index is 2.35. The highest BCUT2D eigenvalue weighted by Gasteiger charge is 2.24. The summed E-state index contributed by atoms with van der Waals surface area (Å²) in [6.07, 6.45) is 0. The molecule has 6 nitrogen and oxygen atoms in total. The van der Waals surface area contributed by atoms with Crippen molar-refractivity contribution in [2.45, 2.75) is 18.7 Å². The maximum absolute atomic E-state index is 12.2. The van der Waals surface area contributed by atoms with Crippen molar-refractivity contribution in [3.63, 3.8) is 0 Å². The molecule has 0 radical (unpaired) electrons. The fourth-order valence-corrected chi connectivity index (χ4v) is 3.45. The van der Waals surface area contributed by atoms with E-state index in [9.17, 15) is 13.2 Å². The summed E-state index contributed by atoms with van der Waals surface area (Å²) >= 11 is 5.88. The van der Waals surface area contributed by atoms with Gasteiger partial charge in [-0.15, -0.1) is 0 Å². The monoisotopic (exact) mass is 314 g/mol. The van der Waals surface area contributed by atoms with Crippen LogP contribution in [0.5, 0.6) is 0 Å². The molecule has 1 amide bonds. The lowest BCUT2D eigenvalue weighted by atomic mass is 10.2. The number of carbonyl (C=O) groups is 1. The van der Waals surface area contributed by atoms with Gasteiger partial charge < -0.3 is 4.52 Å². The molecule has 0 bridgehead atoms. The lowest BCUT2D eigenvalue weighted by molar-refractivity contribution is 0.0972. The van der Waals surface area contributed by atoms with Crippen LogP contribution in [0.1, 0.15) is 21.8 Å². The zero-order valence-electron chi connectivity index (χ0n) is 10.7. The minimum atomic E-state index is -4.07. The van der Waals surface area contributed by atoms with E-state index in [-0.39, 0.29) is 15.6 Å². The second kappa shape index (κ2) is 5.26. The van der Waals surface area contributed by atoms with E-state index in [2.05, 4.69) is 5.16 Å². The van der Waals surface area contributed by atoms with Crippen LogP contribution in [0.4, 0.5) is 0 Å². The summed E-state index contributed by atoms with van der Waals surface area (Å²) in [5, 5.41) is 3.50. The van der Waals surface area contributed by atoms with Crippen molar-refractivity contribution in [1.29, 1.82) is 0 Å². The molecule has 0 atom stereocenters. The lowest BCUT2D eigenvalue weighted by Crippen LogP contribution is -2.31. The number of aryl methyl sites for hydroxylation is 2. The summed E-state index contributed by atoms with van der Waals surface area (Å²) in [6, 6.07) is 5.99. The van der Waals surface area contributed by atoms with E-state index in [0.29, 0.717) is 11.3 Å². The summed E-state index contributed by atoms with van der Waals surface area (Å²) in [6.45, 7) is 3.18. The molecule has 1 aromatic carbocycles. The van der Waals surface area contributed by atoms with Gasteiger partial charge in [-0.05, 0) is 25.5 Å². The van der Waals surface area contributed by atoms with Gasteiger partial charge in [0.1, 0.15) is 10.7 Å². The van der Waals surface area contributed by atoms with Crippen molar-refractivity contribution in [3.05, 3.63) is 46.3 Å². The fourth-order valence-electron chi connectivity index (χ4n) is 1.66. The van der Waals surface area contributed by atoms with Crippen LogP contribution in [0.25, 0.3) is 0 Å². The van der Waals surface area contributed by atoms with E-state index in [0.717, 1.165) is 0 Å². The van der Waals surface area contributed by atoms with Crippen molar-refractivity contribution in [2.75, 3.05) is 0 Å². The normalized spacial score (nSPS) is 11.3. The zero-order chi connectivity index (χ0) is 14.9. The van der Waals surface area contributed by atoms with Crippen LogP contribution in [0.3, 0.4) is 0 Å². The van der Waals surface area contributed by atoms with E-state index in [4.69, 9.17) is 16.1 Å². The molecular weight excluding hydrogens is 304 g/mol. The van der Waals surface area contributed by atoms with Crippen molar-refractivity contribution in [3.8, 4) is 0 Å². The third-order valence-electron chi connectivity index (χ3n) is 2.52. The quantitative estimate of drug-likeness (QED) is 0.936. The molecule has 1 aromatic heterocycles. The molecule has 0 unspecified atom stereocenters. The number of aromatic nitrogens is 1. The molecule has 2 rings (SSSR count). The first-order chi connectivity index (χ1) is 9.31. The van der Waals surface area contributed by atoms with E-state index < -0.39 is 15.9 Å². The zero-order valence-corrected chi connectivity index (χ0v) is 12.2. The largest absolute Gasteiger partial charge is 0.361 e. The number of nitrogens with one attached hydrogen (secondary N) is 1.